The van der Waals surface area contributed by atoms with Gasteiger partial charge in [0, 0.05) is 37.1 Å². The number of ether oxygens (including phenoxy) is 2. The predicted octanol–water partition coefficient (Wildman–Crippen LogP) is 4.35. The van der Waals surface area contributed by atoms with E-state index in [0.717, 1.165) is 28.5 Å². The second-order valence-electron chi connectivity index (χ2n) is 8.86. The van der Waals surface area contributed by atoms with Crippen LogP contribution in [0.15, 0.2) is 79.3 Å². The molecule has 38 heavy (non-hydrogen) atoms. The second-order valence-corrected chi connectivity index (χ2v) is 9.25. The van der Waals surface area contributed by atoms with E-state index in [1.54, 1.807) is 13.3 Å². The Labute approximate surface area is 226 Å². The molecular weight excluding hydrogens is 500 g/mol. The van der Waals surface area contributed by atoms with Gasteiger partial charge in [-0.2, -0.15) is 0 Å². The number of nitrogens with one attached hydrogen (secondary N) is 2. The third kappa shape index (κ3) is 4.96. The van der Waals surface area contributed by atoms with Gasteiger partial charge in [0.05, 0.1) is 24.5 Å². The summed E-state index contributed by atoms with van der Waals surface area (Å²) in [5.74, 6) is 1.05. The molecule has 10 heteroatoms. The second kappa shape index (κ2) is 11.0. The molecule has 5 rings (SSSR count). The Kier molecular flexibility index (Phi) is 7.34. The number of aromatic nitrogens is 3. The van der Waals surface area contributed by atoms with Crippen molar-refractivity contribution in [1.29, 1.82) is 0 Å². The first-order chi connectivity index (χ1) is 18.5. The van der Waals surface area contributed by atoms with Crippen LogP contribution in [0.5, 0.6) is 5.75 Å². The Morgan fingerprint density at radius 2 is 1.97 bits per heavy atom. The van der Waals surface area contributed by atoms with Crippen LogP contribution in [-0.2, 0) is 9.53 Å². The van der Waals surface area contributed by atoms with E-state index in [0.29, 0.717) is 16.5 Å². The summed E-state index contributed by atoms with van der Waals surface area (Å²) in [7, 11) is 3.03. The average Bonchev–Trinajstić information content (AvgIpc) is 3.54. The molecule has 9 nitrogen and oxygen atoms in total. The van der Waals surface area contributed by atoms with E-state index >= 15 is 0 Å². The minimum atomic E-state index is -0.285. The zero-order valence-electron chi connectivity index (χ0n) is 21.3. The summed E-state index contributed by atoms with van der Waals surface area (Å²) in [4.78, 5) is 23.7. The van der Waals surface area contributed by atoms with E-state index in [1.165, 1.54) is 7.11 Å². The molecule has 0 unspecified atom stereocenters. The molecule has 2 N–H and O–H groups in total. The van der Waals surface area contributed by atoms with Gasteiger partial charge in [0.1, 0.15) is 24.2 Å². The van der Waals surface area contributed by atoms with Crippen LogP contribution in [0.4, 0.5) is 11.4 Å². The van der Waals surface area contributed by atoms with Gasteiger partial charge >= 0.3 is 0 Å². The summed E-state index contributed by atoms with van der Waals surface area (Å²) in [6.45, 7) is 1.94. The van der Waals surface area contributed by atoms with E-state index in [9.17, 15) is 4.79 Å². The lowest BCUT2D eigenvalue weighted by Gasteiger charge is -2.29. The molecule has 0 bridgehead atoms. The highest BCUT2D eigenvalue weighted by atomic mass is 32.1. The Morgan fingerprint density at radius 3 is 2.68 bits per heavy atom. The number of hydrogen-bond acceptors (Lipinski definition) is 6. The molecular formula is C28H28N6O3S. The van der Waals surface area contributed by atoms with Gasteiger partial charge in [0.2, 0.25) is 5.91 Å². The van der Waals surface area contributed by atoms with Crippen molar-refractivity contribution >= 4 is 34.6 Å². The van der Waals surface area contributed by atoms with Crippen molar-refractivity contribution in [3.63, 3.8) is 0 Å². The number of pyridine rings is 2. The van der Waals surface area contributed by atoms with E-state index in [2.05, 4.69) is 31.2 Å². The topological polar surface area (TPSA) is 93.5 Å². The molecule has 0 saturated carbocycles. The number of carbonyl (C=O) groups is 1. The first-order valence-electron chi connectivity index (χ1n) is 12.1. The molecule has 4 heterocycles. The highest BCUT2D eigenvalue weighted by Crippen LogP contribution is 2.43. The minimum absolute atomic E-state index is 0.0709. The highest BCUT2D eigenvalue weighted by molar-refractivity contribution is 7.80. The fourth-order valence-electron chi connectivity index (χ4n) is 4.64. The van der Waals surface area contributed by atoms with Crippen LogP contribution in [0.3, 0.4) is 0 Å². The Bertz CT molecular complexity index is 1440. The standard InChI is InChI=1S/C28H28N6O3S/c1-18-9-12-24(30-16-18)33-14-6-8-22(33)27-26(20-7-4-5-13-29-20)32-28(38)34(27)19-10-11-23(37-3)21(15-19)31-25(35)17-36-2/h4-16,26-27H,17H2,1-3H3,(H,31,35)(H,32,38)/t26-,27-/m0/s1. The summed E-state index contributed by atoms with van der Waals surface area (Å²) in [6, 6.07) is 19.0. The van der Waals surface area contributed by atoms with Crippen molar-refractivity contribution in [3.8, 4) is 11.6 Å². The lowest BCUT2D eigenvalue weighted by molar-refractivity contribution is -0.119. The van der Waals surface area contributed by atoms with Crippen LogP contribution in [0.25, 0.3) is 5.82 Å². The summed E-state index contributed by atoms with van der Waals surface area (Å²) < 4.78 is 12.5. The zero-order chi connectivity index (χ0) is 26.6. The summed E-state index contributed by atoms with van der Waals surface area (Å²) in [5.41, 5.74) is 4.22. The molecule has 194 valence electrons. The third-order valence-electron chi connectivity index (χ3n) is 6.33. The highest BCUT2D eigenvalue weighted by Gasteiger charge is 2.42. The first-order valence-corrected chi connectivity index (χ1v) is 12.5. The number of anilines is 2. The molecule has 4 aromatic rings. The van der Waals surface area contributed by atoms with Crippen molar-refractivity contribution < 1.29 is 14.3 Å². The maximum absolute atomic E-state index is 12.3. The van der Waals surface area contributed by atoms with Crippen LogP contribution in [0.1, 0.15) is 29.0 Å². The number of rotatable bonds is 8. The van der Waals surface area contributed by atoms with Crippen LogP contribution in [-0.4, -0.2) is 46.4 Å². The van der Waals surface area contributed by atoms with Gasteiger partial charge in [-0.3, -0.25) is 9.78 Å². The van der Waals surface area contributed by atoms with Crippen molar-refractivity contribution in [2.45, 2.75) is 19.0 Å². The van der Waals surface area contributed by atoms with E-state index in [-0.39, 0.29) is 24.6 Å². The fourth-order valence-corrected chi connectivity index (χ4v) is 4.99. The van der Waals surface area contributed by atoms with Crippen molar-refractivity contribution in [2.75, 3.05) is 31.0 Å². The fraction of sp³-hybridized carbons (Fsp3) is 0.214. The number of carbonyl (C=O) groups excluding carboxylic acids is 1. The molecule has 2 atom stereocenters. The summed E-state index contributed by atoms with van der Waals surface area (Å²) in [5, 5.41) is 6.88. The number of methoxy groups -OCH3 is 2. The SMILES string of the molecule is COCC(=O)Nc1cc(N2C(=S)N[C@@H](c3ccccn3)[C@@H]2c2cccn2-c2ccc(C)cn2)ccc1OC. The zero-order valence-corrected chi connectivity index (χ0v) is 22.1. The van der Waals surface area contributed by atoms with E-state index < -0.39 is 0 Å². The number of hydrogen-bond donors (Lipinski definition) is 2. The maximum atomic E-state index is 12.3. The number of benzene rings is 1. The van der Waals surface area contributed by atoms with E-state index in [4.69, 9.17) is 21.7 Å². The van der Waals surface area contributed by atoms with Crippen LogP contribution >= 0.6 is 12.2 Å². The number of amides is 1. The molecule has 1 saturated heterocycles. The number of thiocarbonyl (C=S) groups is 1. The Balaban J connectivity index is 1.62. The molecule has 1 aliphatic heterocycles. The van der Waals surface area contributed by atoms with Gasteiger partial charge in [-0.1, -0.05) is 12.1 Å². The third-order valence-corrected chi connectivity index (χ3v) is 6.65. The molecule has 0 aliphatic carbocycles. The lowest BCUT2D eigenvalue weighted by atomic mass is 10.0. The normalized spacial score (nSPS) is 16.8. The Morgan fingerprint density at radius 1 is 1.11 bits per heavy atom. The van der Waals surface area contributed by atoms with Crippen LogP contribution < -0.4 is 20.3 Å². The van der Waals surface area contributed by atoms with E-state index in [1.807, 2.05) is 78.8 Å². The average molecular weight is 529 g/mol. The van der Waals surface area contributed by atoms with Crippen LogP contribution in [0, 0.1) is 6.92 Å². The first kappa shape index (κ1) is 25.4. The van der Waals surface area contributed by atoms with Crippen LogP contribution in [0.2, 0.25) is 0 Å². The number of aryl methyl sites for hydroxylation is 1. The molecule has 3 aromatic heterocycles. The monoisotopic (exact) mass is 528 g/mol. The predicted molar refractivity (Wildman–Crippen MR) is 150 cm³/mol. The van der Waals surface area contributed by atoms with Gasteiger partial charge in [-0.15, -0.1) is 0 Å². The number of nitrogens with zero attached hydrogens (tertiary/aromatic N) is 4. The molecule has 1 aliphatic rings. The lowest BCUT2D eigenvalue weighted by Crippen LogP contribution is -2.30. The smallest absolute Gasteiger partial charge is 0.250 e. The minimum Gasteiger partial charge on any atom is -0.495 e. The Hall–Kier alpha value is -4.28. The van der Waals surface area contributed by atoms with Crippen molar-refractivity contribution in [2.24, 2.45) is 0 Å². The molecule has 1 fully saturated rings. The molecule has 1 aromatic carbocycles. The van der Waals surface area contributed by atoms with Gasteiger partial charge in [-0.25, -0.2) is 4.98 Å². The van der Waals surface area contributed by atoms with Crippen molar-refractivity contribution in [3.05, 3.63) is 96.2 Å². The van der Waals surface area contributed by atoms with Gasteiger partial charge in [-0.05, 0) is 73.2 Å². The largest absolute Gasteiger partial charge is 0.495 e. The van der Waals surface area contributed by atoms with Gasteiger partial charge in [0.25, 0.3) is 0 Å². The summed E-state index contributed by atoms with van der Waals surface area (Å²) in [6.07, 6.45) is 5.62. The van der Waals surface area contributed by atoms with Gasteiger partial charge in [0.15, 0.2) is 5.11 Å². The quantitative estimate of drug-likeness (QED) is 0.326. The van der Waals surface area contributed by atoms with Crippen molar-refractivity contribution in [1.82, 2.24) is 19.9 Å². The summed E-state index contributed by atoms with van der Waals surface area (Å²) >= 11 is 5.89. The molecule has 1 amide bonds. The van der Waals surface area contributed by atoms with Gasteiger partial charge < -0.3 is 29.6 Å². The maximum Gasteiger partial charge on any atom is 0.250 e. The molecule has 0 spiro atoms. The molecule has 0 radical (unpaired) electrons.